The van der Waals surface area contributed by atoms with Gasteiger partial charge in [-0.2, -0.15) is 0 Å². The second-order valence-electron chi connectivity index (χ2n) is 7.51. The molecule has 0 bridgehead atoms. The second kappa shape index (κ2) is 10.6. The third-order valence-corrected chi connectivity index (χ3v) is 5.41. The van der Waals surface area contributed by atoms with Crippen LogP contribution in [0.4, 0.5) is 16.2 Å². The average molecular weight is 485 g/mol. The number of carbonyl (C=O) groups is 2. The van der Waals surface area contributed by atoms with Gasteiger partial charge in [0.05, 0.1) is 34.5 Å². The van der Waals surface area contributed by atoms with Crippen molar-refractivity contribution in [2.24, 2.45) is 0 Å². The number of amides is 2. The molecule has 0 aliphatic heterocycles. The van der Waals surface area contributed by atoms with Crippen molar-refractivity contribution in [2.75, 3.05) is 5.32 Å². The molecule has 3 rings (SSSR count). The Labute approximate surface area is 198 Å². The zero-order valence-electron chi connectivity index (χ0n) is 18.0. The van der Waals surface area contributed by atoms with Gasteiger partial charge in [0, 0.05) is 12.3 Å². The molecular formula is C23H21ClN4O6. The number of carboxylic acid groups (broad SMARTS) is 1. The number of aromatic nitrogens is 1. The van der Waals surface area contributed by atoms with E-state index in [1.165, 1.54) is 41.1 Å². The summed E-state index contributed by atoms with van der Waals surface area (Å²) in [6, 6.07) is 12.5. The van der Waals surface area contributed by atoms with Crippen LogP contribution in [0.15, 0.2) is 65.6 Å². The van der Waals surface area contributed by atoms with E-state index < -0.39 is 28.5 Å². The Balaban J connectivity index is 1.81. The minimum absolute atomic E-state index is 0.0901. The highest BCUT2D eigenvalue weighted by Crippen LogP contribution is 2.26. The highest BCUT2D eigenvalue weighted by Gasteiger charge is 2.20. The normalized spacial score (nSPS) is 11.5. The van der Waals surface area contributed by atoms with Crippen LogP contribution in [0.5, 0.6) is 0 Å². The summed E-state index contributed by atoms with van der Waals surface area (Å²) in [5, 5.41) is 25.7. The number of hydrogen-bond donors (Lipinski definition) is 3. The molecule has 0 fully saturated rings. The number of aliphatic carboxylic acids is 1. The van der Waals surface area contributed by atoms with Gasteiger partial charge in [-0.05, 0) is 30.7 Å². The Morgan fingerprint density at radius 1 is 1.15 bits per heavy atom. The zero-order chi connectivity index (χ0) is 24.8. The van der Waals surface area contributed by atoms with Gasteiger partial charge in [0.1, 0.15) is 5.69 Å². The number of rotatable bonds is 8. The molecule has 0 radical (unpaired) electrons. The van der Waals surface area contributed by atoms with Crippen LogP contribution in [-0.4, -0.2) is 26.6 Å². The Bertz CT molecular complexity index is 1290. The van der Waals surface area contributed by atoms with Crippen LogP contribution in [0.25, 0.3) is 0 Å². The van der Waals surface area contributed by atoms with Crippen LogP contribution >= 0.6 is 11.6 Å². The minimum Gasteiger partial charge on any atom is -0.481 e. The van der Waals surface area contributed by atoms with E-state index in [1.54, 1.807) is 24.3 Å². The number of nitrogens with zero attached hydrogens (tertiary/aromatic N) is 2. The second-order valence-corrected chi connectivity index (χ2v) is 7.92. The molecule has 0 aliphatic carbocycles. The lowest BCUT2D eigenvalue weighted by Gasteiger charge is -2.18. The number of benzene rings is 2. The first-order valence-corrected chi connectivity index (χ1v) is 10.5. The summed E-state index contributed by atoms with van der Waals surface area (Å²) in [5.74, 6) is -1.10. The number of anilines is 1. The lowest BCUT2D eigenvalue weighted by molar-refractivity contribution is -0.385. The predicted molar refractivity (Wildman–Crippen MR) is 126 cm³/mol. The fourth-order valence-corrected chi connectivity index (χ4v) is 3.57. The summed E-state index contributed by atoms with van der Waals surface area (Å²) in [4.78, 5) is 47.5. The lowest BCUT2D eigenvalue weighted by atomic mass is 10.0. The molecule has 0 unspecified atom stereocenters. The SMILES string of the molecule is Cc1ccc([C@H](CC(=O)O)NC(=O)Nc2cccn(Cc3c(Cl)cccc3[N+](=O)[O-])c2=O)cc1. The van der Waals surface area contributed by atoms with Crippen LogP contribution in [0.3, 0.4) is 0 Å². The quantitative estimate of drug-likeness (QED) is 0.324. The third-order valence-electron chi connectivity index (χ3n) is 5.05. The molecule has 1 heterocycles. The Morgan fingerprint density at radius 3 is 2.50 bits per heavy atom. The summed E-state index contributed by atoms with van der Waals surface area (Å²) < 4.78 is 1.18. The Hall–Kier alpha value is -4.18. The van der Waals surface area contributed by atoms with Crippen LogP contribution < -0.4 is 16.2 Å². The molecule has 176 valence electrons. The van der Waals surface area contributed by atoms with Gasteiger partial charge >= 0.3 is 12.0 Å². The minimum atomic E-state index is -1.10. The number of carbonyl (C=O) groups excluding carboxylic acids is 1. The maximum atomic E-state index is 12.9. The fraction of sp³-hybridized carbons (Fsp3) is 0.174. The highest BCUT2D eigenvalue weighted by atomic mass is 35.5. The van der Waals surface area contributed by atoms with Gasteiger partial charge in [-0.1, -0.05) is 47.5 Å². The first-order chi connectivity index (χ1) is 16.2. The molecule has 2 amide bonds. The Kier molecular flexibility index (Phi) is 7.64. The van der Waals surface area contributed by atoms with Gasteiger partial charge in [-0.25, -0.2) is 4.79 Å². The smallest absolute Gasteiger partial charge is 0.319 e. The molecule has 11 heteroatoms. The molecule has 0 saturated heterocycles. The monoisotopic (exact) mass is 484 g/mol. The van der Waals surface area contributed by atoms with E-state index in [0.717, 1.165) is 5.56 Å². The molecule has 0 saturated carbocycles. The first-order valence-electron chi connectivity index (χ1n) is 10.1. The third kappa shape index (κ3) is 5.99. The molecular weight excluding hydrogens is 464 g/mol. The van der Waals surface area contributed by atoms with Gasteiger partial charge in [-0.3, -0.25) is 19.7 Å². The van der Waals surface area contributed by atoms with Gasteiger partial charge in [0.25, 0.3) is 11.2 Å². The van der Waals surface area contributed by atoms with Crippen LogP contribution in [-0.2, 0) is 11.3 Å². The largest absolute Gasteiger partial charge is 0.481 e. The van der Waals surface area contributed by atoms with E-state index in [9.17, 15) is 29.6 Å². The number of nitro benzene ring substituents is 1. The van der Waals surface area contributed by atoms with Crippen molar-refractivity contribution >= 4 is 35.0 Å². The van der Waals surface area contributed by atoms with Crippen molar-refractivity contribution in [1.82, 2.24) is 9.88 Å². The molecule has 0 aliphatic rings. The number of carboxylic acids is 1. The standard InChI is InChI=1S/C23H21ClN4O6/c1-14-7-9-15(10-8-14)19(12-21(29)30)26-23(32)25-18-5-3-11-27(22(18)31)13-16-17(24)4-2-6-20(16)28(33)34/h2-11,19H,12-13H2,1H3,(H,29,30)(H2,25,26,32)/t19-/m0/s1. The highest BCUT2D eigenvalue weighted by molar-refractivity contribution is 6.31. The van der Waals surface area contributed by atoms with Crippen molar-refractivity contribution in [1.29, 1.82) is 0 Å². The van der Waals surface area contributed by atoms with Gasteiger partial charge in [0.2, 0.25) is 0 Å². The Morgan fingerprint density at radius 2 is 1.85 bits per heavy atom. The summed E-state index contributed by atoms with van der Waals surface area (Å²) in [5.41, 5.74) is 0.791. The molecule has 3 aromatic rings. The number of nitrogens with one attached hydrogen (secondary N) is 2. The van der Waals surface area contributed by atoms with Crippen LogP contribution in [0, 0.1) is 17.0 Å². The molecule has 1 atom stereocenters. The van der Waals surface area contributed by atoms with E-state index in [2.05, 4.69) is 10.6 Å². The molecule has 3 N–H and O–H groups in total. The number of pyridine rings is 1. The molecule has 2 aromatic carbocycles. The molecule has 1 aromatic heterocycles. The van der Waals surface area contributed by atoms with E-state index in [4.69, 9.17) is 11.6 Å². The van der Waals surface area contributed by atoms with Crippen molar-refractivity contribution in [3.8, 4) is 0 Å². The number of hydrogen-bond acceptors (Lipinski definition) is 5. The van der Waals surface area contributed by atoms with Gasteiger partial charge < -0.3 is 20.3 Å². The van der Waals surface area contributed by atoms with Crippen molar-refractivity contribution in [3.63, 3.8) is 0 Å². The summed E-state index contributed by atoms with van der Waals surface area (Å²) in [7, 11) is 0. The van der Waals surface area contributed by atoms with Gasteiger partial charge in [-0.15, -0.1) is 0 Å². The first kappa shape index (κ1) is 24.5. The number of nitro groups is 1. The van der Waals surface area contributed by atoms with Crippen molar-refractivity contribution in [2.45, 2.75) is 25.9 Å². The van der Waals surface area contributed by atoms with E-state index in [1.807, 2.05) is 6.92 Å². The number of aryl methyl sites for hydroxylation is 1. The lowest BCUT2D eigenvalue weighted by Crippen LogP contribution is -2.36. The topological polar surface area (TPSA) is 144 Å². The fourth-order valence-electron chi connectivity index (χ4n) is 3.34. The number of halogens is 1. The maximum Gasteiger partial charge on any atom is 0.319 e. The predicted octanol–water partition coefficient (Wildman–Crippen LogP) is 4.10. The van der Waals surface area contributed by atoms with Crippen LogP contribution in [0.1, 0.15) is 29.2 Å². The zero-order valence-corrected chi connectivity index (χ0v) is 18.8. The molecule has 10 nitrogen and oxygen atoms in total. The van der Waals surface area contributed by atoms with Crippen molar-refractivity contribution < 1.29 is 19.6 Å². The summed E-state index contributed by atoms with van der Waals surface area (Å²) in [6.45, 7) is 1.70. The molecule has 34 heavy (non-hydrogen) atoms. The van der Waals surface area contributed by atoms with Crippen LogP contribution in [0.2, 0.25) is 5.02 Å². The van der Waals surface area contributed by atoms with E-state index in [-0.39, 0.29) is 34.9 Å². The maximum absolute atomic E-state index is 12.9. The van der Waals surface area contributed by atoms with Gasteiger partial charge in [0.15, 0.2) is 0 Å². The van der Waals surface area contributed by atoms with E-state index >= 15 is 0 Å². The van der Waals surface area contributed by atoms with Crippen molar-refractivity contribution in [3.05, 3.63) is 103 Å². The van der Waals surface area contributed by atoms with E-state index in [0.29, 0.717) is 5.56 Å². The average Bonchev–Trinajstić information content (AvgIpc) is 2.77. The molecule has 0 spiro atoms. The number of urea groups is 1. The summed E-state index contributed by atoms with van der Waals surface area (Å²) >= 11 is 6.12. The summed E-state index contributed by atoms with van der Waals surface area (Å²) in [6.07, 6.45) is 1.06.